The number of unbranched alkanes of at least 4 members (excludes halogenated alkanes) is 1. The van der Waals surface area contributed by atoms with Crippen molar-refractivity contribution in [2.75, 3.05) is 13.7 Å². The van der Waals surface area contributed by atoms with E-state index >= 15 is 0 Å². The first-order valence-electron chi connectivity index (χ1n) is 8.05. The number of fused-ring (bicyclic) bond motifs is 2. The molecule has 0 radical (unpaired) electrons. The number of carbonyl (C=O) groups is 1. The smallest absolute Gasteiger partial charge is 0.258 e. The number of methoxy groups -OCH3 is 1. The molecule has 0 aromatic heterocycles. The molecule has 1 fully saturated rings. The Balaban J connectivity index is 1.90. The number of hydrogen-bond donors (Lipinski definition) is 1. The summed E-state index contributed by atoms with van der Waals surface area (Å²) in [4.78, 5) is 19.1. The van der Waals surface area contributed by atoms with E-state index in [2.05, 4.69) is 11.9 Å². The third-order valence-electron chi connectivity index (χ3n) is 4.33. The second-order valence-corrected chi connectivity index (χ2v) is 5.86. The molecule has 2 aliphatic heterocycles. The van der Waals surface area contributed by atoms with Crippen LogP contribution < -0.4 is 4.74 Å². The number of carbonyl (C=O) groups excluding carboxylic acids is 1. The lowest BCUT2D eigenvalue weighted by atomic mass is 10.1. The van der Waals surface area contributed by atoms with E-state index in [9.17, 15) is 9.90 Å². The molecule has 124 valence electrons. The number of ether oxygens (including phenoxy) is 2. The molecule has 1 N–H and O–H groups in total. The minimum atomic E-state index is -0.212. The van der Waals surface area contributed by atoms with Crippen LogP contribution in [0, 0.1) is 0 Å². The van der Waals surface area contributed by atoms with Gasteiger partial charge in [0.2, 0.25) is 0 Å². The van der Waals surface area contributed by atoms with Crippen LogP contribution in [0.2, 0.25) is 0 Å². The lowest BCUT2D eigenvalue weighted by Gasteiger charge is -2.27. The minimum Gasteiger partial charge on any atom is -0.504 e. The van der Waals surface area contributed by atoms with Crippen molar-refractivity contribution in [2.24, 2.45) is 4.99 Å². The monoisotopic (exact) mass is 318 g/mol. The van der Waals surface area contributed by atoms with E-state index in [4.69, 9.17) is 9.47 Å². The second kappa shape index (κ2) is 6.58. The third kappa shape index (κ3) is 2.91. The number of benzene rings is 1. The molecule has 0 spiro atoms. The van der Waals surface area contributed by atoms with Crippen LogP contribution in [0.15, 0.2) is 17.1 Å². The summed E-state index contributed by atoms with van der Waals surface area (Å²) in [5.74, 6) is 0.127. The molecule has 1 aromatic carbocycles. The Morgan fingerprint density at radius 1 is 1.39 bits per heavy atom. The Bertz CT molecular complexity index is 629. The van der Waals surface area contributed by atoms with Crippen LogP contribution in [0.4, 0.5) is 5.69 Å². The summed E-state index contributed by atoms with van der Waals surface area (Å²) < 4.78 is 11.0. The maximum Gasteiger partial charge on any atom is 0.258 e. The van der Waals surface area contributed by atoms with Crippen molar-refractivity contribution in [3.8, 4) is 11.5 Å². The third-order valence-corrected chi connectivity index (χ3v) is 4.33. The average molecular weight is 318 g/mol. The summed E-state index contributed by atoms with van der Waals surface area (Å²) in [6.07, 6.45) is 5.26. The van der Waals surface area contributed by atoms with E-state index in [1.54, 1.807) is 17.2 Å². The van der Waals surface area contributed by atoms with Crippen molar-refractivity contribution in [3.05, 3.63) is 17.7 Å². The molecule has 0 saturated carbocycles. The van der Waals surface area contributed by atoms with Gasteiger partial charge in [0, 0.05) is 18.9 Å². The van der Waals surface area contributed by atoms with Crippen molar-refractivity contribution in [1.29, 1.82) is 0 Å². The Labute approximate surface area is 135 Å². The molecular weight excluding hydrogens is 296 g/mol. The maximum atomic E-state index is 13.0. The predicted octanol–water partition coefficient (Wildman–Crippen LogP) is 2.86. The highest BCUT2D eigenvalue weighted by Crippen LogP contribution is 2.38. The van der Waals surface area contributed by atoms with Gasteiger partial charge in [0.1, 0.15) is 6.23 Å². The highest BCUT2D eigenvalue weighted by molar-refractivity contribution is 6.03. The van der Waals surface area contributed by atoms with Gasteiger partial charge in [-0.2, -0.15) is 0 Å². The van der Waals surface area contributed by atoms with Crippen LogP contribution in [0.3, 0.4) is 0 Å². The molecular formula is C17H22N2O4. The molecule has 6 nitrogen and oxygen atoms in total. The number of hydrogen-bond acceptors (Lipinski definition) is 5. The zero-order valence-corrected chi connectivity index (χ0v) is 13.5. The second-order valence-electron chi connectivity index (χ2n) is 5.86. The van der Waals surface area contributed by atoms with Crippen molar-refractivity contribution in [1.82, 2.24) is 4.90 Å². The van der Waals surface area contributed by atoms with Gasteiger partial charge in [0.25, 0.3) is 5.91 Å². The Morgan fingerprint density at radius 2 is 2.22 bits per heavy atom. The molecule has 1 unspecified atom stereocenters. The summed E-state index contributed by atoms with van der Waals surface area (Å²) in [6, 6.07) is 2.96. The van der Waals surface area contributed by atoms with E-state index in [0.717, 1.165) is 25.7 Å². The summed E-state index contributed by atoms with van der Waals surface area (Å²) in [5.41, 5.74) is 0.902. The summed E-state index contributed by atoms with van der Waals surface area (Å²) in [6.45, 7) is 2.76. The summed E-state index contributed by atoms with van der Waals surface area (Å²) in [5, 5.41) is 9.89. The largest absolute Gasteiger partial charge is 0.504 e. The van der Waals surface area contributed by atoms with E-state index in [1.165, 1.54) is 13.2 Å². The number of rotatable bonds is 5. The normalized spacial score (nSPS) is 22.7. The van der Waals surface area contributed by atoms with Gasteiger partial charge in [0.15, 0.2) is 11.5 Å². The highest BCUT2D eigenvalue weighted by Gasteiger charge is 2.39. The quantitative estimate of drug-likeness (QED) is 0.847. The molecule has 1 amide bonds. The Hall–Kier alpha value is -2.08. The van der Waals surface area contributed by atoms with Crippen LogP contribution >= 0.6 is 0 Å². The van der Waals surface area contributed by atoms with Crippen LogP contribution in [0.1, 0.15) is 43.0 Å². The molecule has 2 aliphatic rings. The maximum absolute atomic E-state index is 13.0. The number of phenolic OH excluding ortho intramolecular Hbond substituents is 1. The van der Waals surface area contributed by atoms with Crippen molar-refractivity contribution in [2.45, 2.75) is 44.9 Å². The number of nitrogens with zero attached hydrogens (tertiary/aromatic N) is 2. The number of amides is 1. The summed E-state index contributed by atoms with van der Waals surface area (Å²) >= 11 is 0. The van der Waals surface area contributed by atoms with Crippen molar-refractivity contribution < 1.29 is 19.4 Å². The molecule has 1 aromatic rings. The molecule has 0 aliphatic carbocycles. The Kier molecular flexibility index (Phi) is 4.52. The van der Waals surface area contributed by atoms with E-state index in [0.29, 0.717) is 17.9 Å². The molecule has 0 bridgehead atoms. The standard InChI is InChI=1S/C17H22N2O4/c1-3-4-7-23-16-6-5-11-10-18-13-9-14(20)15(22-2)8-12(13)17(21)19(11)16/h8-11,16,20H,3-7H2,1-2H3/t11?,16-/m0/s1. The zero-order chi connectivity index (χ0) is 16.4. The molecule has 2 heterocycles. The zero-order valence-electron chi connectivity index (χ0n) is 13.5. The van der Waals surface area contributed by atoms with Gasteiger partial charge in [-0.3, -0.25) is 9.79 Å². The fourth-order valence-electron chi connectivity index (χ4n) is 3.06. The van der Waals surface area contributed by atoms with Crippen LogP contribution in [0.5, 0.6) is 11.5 Å². The van der Waals surface area contributed by atoms with Gasteiger partial charge in [-0.1, -0.05) is 13.3 Å². The number of aromatic hydroxyl groups is 1. The molecule has 23 heavy (non-hydrogen) atoms. The fourth-order valence-corrected chi connectivity index (χ4v) is 3.06. The van der Waals surface area contributed by atoms with Crippen molar-refractivity contribution in [3.63, 3.8) is 0 Å². The first-order chi connectivity index (χ1) is 11.2. The summed E-state index contributed by atoms with van der Waals surface area (Å²) in [7, 11) is 1.46. The van der Waals surface area contributed by atoms with E-state index in [-0.39, 0.29) is 29.7 Å². The van der Waals surface area contributed by atoms with E-state index in [1.807, 2.05) is 0 Å². The van der Waals surface area contributed by atoms with Crippen LogP contribution in [-0.4, -0.2) is 48.1 Å². The van der Waals surface area contributed by atoms with Crippen molar-refractivity contribution >= 4 is 17.8 Å². The average Bonchev–Trinajstić information content (AvgIpc) is 2.89. The van der Waals surface area contributed by atoms with Gasteiger partial charge in [-0.05, 0) is 25.3 Å². The molecule has 6 heteroatoms. The van der Waals surface area contributed by atoms with Gasteiger partial charge < -0.3 is 19.5 Å². The molecule has 1 saturated heterocycles. The van der Waals surface area contributed by atoms with E-state index < -0.39 is 0 Å². The Morgan fingerprint density at radius 3 is 2.96 bits per heavy atom. The minimum absolute atomic E-state index is 0.0194. The van der Waals surface area contributed by atoms with Gasteiger partial charge >= 0.3 is 0 Å². The lowest BCUT2D eigenvalue weighted by Crippen LogP contribution is -2.42. The number of phenols is 1. The van der Waals surface area contributed by atoms with Gasteiger partial charge in [0.05, 0.1) is 24.4 Å². The van der Waals surface area contributed by atoms with Crippen LogP contribution in [0.25, 0.3) is 0 Å². The highest BCUT2D eigenvalue weighted by atomic mass is 16.5. The first kappa shape index (κ1) is 15.8. The predicted molar refractivity (Wildman–Crippen MR) is 86.7 cm³/mol. The van der Waals surface area contributed by atoms with Gasteiger partial charge in [-0.25, -0.2) is 0 Å². The van der Waals surface area contributed by atoms with Crippen LogP contribution in [-0.2, 0) is 4.74 Å². The topological polar surface area (TPSA) is 71.4 Å². The molecule has 3 rings (SSSR count). The SMILES string of the molecule is CCCCO[C@H]1CCC2C=Nc3cc(O)c(OC)cc3C(=O)N21. The first-order valence-corrected chi connectivity index (χ1v) is 8.05. The fraction of sp³-hybridized carbons (Fsp3) is 0.529. The number of aliphatic imine (C=N–C) groups is 1. The lowest BCUT2D eigenvalue weighted by molar-refractivity contribution is -0.0296. The molecule has 2 atom stereocenters. The van der Waals surface area contributed by atoms with Gasteiger partial charge in [-0.15, -0.1) is 0 Å².